The van der Waals surface area contributed by atoms with Crippen LogP contribution >= 0.6 is 0 Å². The van der Waals surface area contributed by atoms with Crippen molar-refractivity contribution in [2.24, 2.45) is 5.73 Å². The van der Waals surface area contributed by atoms with E-state index in [4.69, 9.17) is 5.73 Å². The van der Waals surface area contributed by atoms with E-state index in [0.29, 0.717) is 6.04 Å². The number of hydrogen-bond donors (Lipinski definition) is 5. The highest BCUT2D eigenvalue weighted by Crippen LogP contribution is 2.18. The fourth-order valence-electron chi connectivity index (χ4n) is 3.23. The van der Waals surface area contributed by atoms with Crippen molar-refractivity contribution in [2.45, 2.75) is 123 Å². The van der Waals surface area contributed by atoms with Crippen molar-refractivity contribution in [3.8, 4) is 0 Å². The summed E-state index contributed by atoms with van der Waals surface area (Å²) < 4.78 is 0. The van der Waals surface area contributed by atoms with Gasteiger partial charge in [0.05, 0.1) is 0 Å². The van der Waals surface area contributed by atoms with Gasteiger partial charge in [0, 0.05) is 47.8 Å². The number of hydrogen-bond acceptors (Lipinski definition) is 5. The summed E-state index contributed by atoms with van der Waals surface area (Å²) in [5.41, 5.74) is 6.49. The summed E-state index contributed by atoms with van der Waals surface area (Å²) in [7, 11) is 0. The summed E-state index contributed by atoms with van der Waals surface area (Å²) in [6, 6.07) is 0.419. The fourth-order valence-corrected chi connectivity index (χ4v) is 3.23. The fraction of sp³-hybridized carbons (Fsp3) is 1.00. The van der Waals surface area contributed by atoms with E-state index in [1.54, 1.807) is 0 Å². The Labute approximate surface area is 176 Å². The van der Waals surface area contributed by atoms with Crippen LogP contribution in [0.3, 0.4) is 0 Å². The average molecular weight is 400 g/mol. The Balaban J connectivity index is 4.22. The molecule has 0 bridgehead atoms. The number of nitrogens with one attached hydrogen (secondary N) is 4. The van der Waals surface area contributed by atoms with Crippen LogP contribution in [0.4, 0.5) is 0 Å². The molecule has 0 saturated heterocycles. The molecule has 0 aliphatic rings. The molecule has 0 aliphatic heterocycles. The second-order valence-corrected chi connectivity index (χ2v) is 10.8. The summed E-state index contributed by atoms with van der Waals surface area (Å²) in [6.07, 6.45) is 4.31. The van der Waals surface area contributed by atoms with Gasteiger partial charge in [-0.15, -0.1) is 0 Å². The minimum atomic E-state index is -0.0600. The first-order valence-electron chi connectivity index (χ1n) is 11.5. The van der Waals surface area contributed by atoms with Crippen molar-refractivity contribution in [3.63, 3.8) is 0 Å². The molecule has 0 rings (SSSR count). The standard InChI is InChI=1S/C23H53N5/c1-11-22(9,24)14-15-25-17-20(5,6)27-16-19(4)26-18-21(7,8)28-23(10,12-2)13-3/h19,25-28H,11-18,24H2,1-10H3. The lowest BCUT2D eigenvalue weighted by atomic mass is 9.90. The molecule has 0 aromatic carbocycles. The molecule has 170 valence electrons. The molecular formula is C23H53N5. The minimum Gasteiger partial charge on any atom is -0.325 e. The molecule has 0 spiro atoms. The molecule has 28 heavy (non-hydrogen) atoms. The summed E-state index contributed by atoms with van der Waals surface area (Å²) in [4.78, 5) is 0. The van der Waals surface area contributed by atoms with Crippen molar-refractivity contribution in [1.29, 1.82) is 0 Å². The maximum Gasteiger partial charge on any atom is 0.0254 e. The first-order valence-corrected chi connectivity index (χ1v) is 11.5. The Bertz CT molecular complexity index is 413. The molecular weight excluding hydrogens is 346 g/mol. The van der Waals surface area contributed by atoms with Gasteiger partial charge in [-0.3, -0.25) is 0 Å². The summed E-state index contributed by atoms with van der Waals surface area (Å²) in [6.45, 7) is 26.3. The quantitative estimate of drug-likeness (QED) is 0.257. The van der Waals surface area contributed by atoms with Crippen LogP contribution in [0.25, 0.3) is 0 Å². The second kappa shape index (κ2) is 11.8. The van der Waals surface area contributed by atoms with Crippen LogP contribution in [0.1, 0.15) is 94.9 Å². The van der Waals surface area contributed by atoms with Gasteiger partial charge in [0.1, 0.15) is 0 Å². The highest BCUT2D eigenvalue weighted by atomic mass is 15.1. The van der Waals surface area contributed by atoms with Crippen molar-refractivity contribution < 1.29 is 0 Å². The van der Waals surface area contributed by atoms with E-state index in [9.17, 15) is 0 Å². The molecule has 5 heteroatoms. The molecule has 0 radical (unpaired) electrons. The molecule has 5 nitrogen and oxygen atoms in total. The van der Waals surface area contributed by atoms with Gasteiger partial charge < -0.3 is 27.0 Å². The Morgan fingerprint density at radius 3 is 1.89 bits per heavy atom. The second-order valence-electron chi connectivity index (χ2n) is 10.8. The van der Waals surface area contributed by atoms with E-state index >= 15 is 0 Å². The maximum absolute atomic E-state index is 6.22. The van der Waals surface area contributed by atoms with Gasteiger partial charge in [-0.05, 0) is 80.7 Å². The first-order chi connectivity index (χ1) is 12.7. The molecule has 0 heterocycles. The molecule has 2 atom stereocenters. The van der Waals surface area contributed by atoms with Gasteiger partial charge in [0.15, 0.2) is 0 Å². The van der Waals surface area contributed by atoms with Crippen LogP contribution in [-0.4, -0.2) is 54.4 Å². The molecule has 0 aliphatic carbocycles. The Hall–Kier alpha value is -0.200. The number of nitrogens with two attached hydrogens (primary N) is 1. The van der Waals surface area contributed by atoms with Crippen molar-refractivity contribution in [3.05, 3.63) is 0 Å². The zero-order chi connectivity index (χ0) is 22.1. The molecule has 0 amide bonds. The monoisotopic (exact) mass is 399 g/mol. The van der Waals surface area contributed by atoms with Gasteiger partial charge in [-0.25, -0.2) is 0 Å². The predicted octanol–water partition coefficient (Wildman–Crippen LogP) is 3.39. The van der Waals surface area contributed by atoms with Gasteiger partial charge in [0.2, 0.25) is 0 Å². The lowest BCUT2D eigenvalue weighted by molar-refractivity contribution is 0.221. The topological polar surface area (TPSA) is 74.1 Å². The van der Waals surface area contributed by atoms with Crippen LogP contribution in [-0.2, 0) is 0 Å². The van der Waals surface area contributed by atoms with Gasteiger partial charge >= 0.3 is 0 Å². The zero-order valence-corrected chi connectivity index (χ0v) is 20.8. The maximum atomic E-state index is 6.22. The van der Waals surface area contributed by atoms with E-state index in [2.05, 4.69) is 90.5 Å². The SMILES string of the molecule is CCC(C)(N)CCNCC(C)(C)NCC(C)NCC(C)(C)NC(C)(CC)CC. The van der Waals surface area contributed by atoms with Crippen LogP contribution in [0.5, 0.6) is 0 Å². The summed E-state index contributed by atoms with van der Waals surface area (Å²) >= 11 is 0. The molecule has 0 saturated carbocycles. The third-order valence-corrected chi connectivity index (χ3v) is 6.23. The molecule has 2 unspecified atom stereocenters. The van der Waals surface area contributed by atoms with Crippen molar-refractivity contribution >= 4 is 0 Å². The Morgan fingerprint density at radius 2 is 1.39 bits per heavy atom. The molecule has 0 aromatic rings. The number of rotatable bonds is 16. The predicted molar refractivity (Wildman–Crippen MR) is 126 cm³/mol. The third kappa shape index (κ3) is 12.4. The van der Waals surface area contributed by atoms with Gasteiger partial charge in [-0.2, -0.15) is 0 Å². The Kier molecular flexibility index (Phi) is 11.8. The molecule has 0 fully saturated rings. The normalized spacial score (nSPS) is 16.8. The average Bonchev–Trinajstić information content (AvgIpc) is 2.61. The van der Waals surface area contributed by atoms with E-state index in [1.807, 2.05) is 0 Å². The molecule has 6 N–H and O–H groups in total. The summed E-state index contributed by atoms with van der Waals surface area (Å²) in [5.74, 6) is 0. The van der Waals surface area contributed by atoms with Crippen LogP contribution in [0, 0.1) is 0 Å². The first kappa shape index (κ1) is 27.8. The smallest absolute Gasteiger partial charge is 0.0254 e. The van der Waals surface area contributed by atoms with Crippen molar-refractivity contribution in [1.82, 2.24) is 21.3 Å². The highest BCUT2D eigenvalue weighted by molar-refractivity contribution is 4.92. The van der Waals surface area contributed by atoms with Crippen LogP contribution in [0.2, 0.25) is 0 Å². The lowest BCUT2D eigenvalue weighted by Gasteiger charge is -2.39. The van der Waals surface area contributed by atoms with Crippen LogP contribution < -0.4 is 27.0 Å². The van der Waals surface area contributed by atoms with E-state index in [-0.39, 0.29) is 22.2 Å². The van der Waals surface area contributed by atoms with E-state index < -0.39 is 0 Å². The highest BCUT2D eigenvalue weighted by Gasteiger charge is 2.28. The third-order valence-electron chi connectivity index (χ3n) is 6.23. The van der Waals surface area contributed by atoms with E-state index in [0.717, 1.165) is 51.9 Å². The van der Waals surface area contributed by atoms with Gasteiger partial charge in [-0.1, -0.05) is 20.8 Å². The lowest BCUT2D eigenvalue weighted by Crippen LogP contribution is -2.59. The van der Waals surface area contributed by atoms with E-state index in [1.165, 1.54) is 0 Å². The molecule has 0 aromatic heterocycles. The summed E-state index contributed by atoms with van der Waals surface area (Å²) in [5, 5.41) is 14.8. The van der Waals surface area contributed by atoms with Crippen molar-refractivity contribution in [2.75, 3.05) is 26.2 Å². The minimum absolute atomic E-state index is 0.0594. The van der Waals surface area contributed by atoms with Gasteiger partial charge in [0.25, 0.3) is 0 Å². The largest absolute Gasteiger partial charge is 0.325 e. The van der Waals surface area contributed by atoms with Crippen LogP contribution in [0.15, 0.2) is 0 Å². The Morgan fingerprint density at radius 1 is 0.821 bits per heavy atom. The zero-order valence-electron chi connectivity index (χ0n) is 20.8.